The highest BCUT2D eigenvalue weighted by Crippen LogP contribution is 2.26. The SMILES string of the molecule is O=C(NCc1ccccn1)[C@@H]1CCCN1C(=O)[C@@H]1CCCN1C(=O)c1ccc(Cl)cc1.O=C(O)C(F)(F)F. The largest absolute Gasteiger partial charge is 0.490 e. The maximum atomic E-state index is 13.4. The van der Waals surface area contributed by atoms with Gasteiger partial charge in [-0.1, -0.05) is 17.7 Å². The molecule has 2 aliphatic rings. The van der Waals surface area contributed by atoms with E-state index in [0.717, 1.165) is 18.5 Å². The number of hydrogen-bond acceptors (Lipinski definition) is 5. The first-order valence-corrected chi connectivity index (χ1v) is 12.2. The minimum Gasteiger partial charge on any atom is -0.475 e. The lowest BCUT2D eigenvalue weighted by atomic mass is 10.1. The molecule has 0 saturated carbocycles. The minimum absolute atomic E-state index is 0.143. The van der Waals surface area contributed by atoms with Crippen molar-refractivity contribution in [3.05, 3.63) is 64.9 Å². The summed E-state index contributed by atoms with van der Waals surface area (Å²) in [6, 6.07) is 11.2. The number of halogens is 4. The number of nitrogens with zero attached hydrogens (tertiary/aromatic N) is 3. The van der Waals surface area contributed by atoms with Crippen LogP contribution in [0.4, 0.5) is 13.2 Å². The number of benzene rings is 1. The van der Waals surface area contributed by atoms with Crippen LogP contribution in [0.15, 0.2) is 48.7 Å². The first-order chi connectivity index (χ1) is 18.0. The van der Waals surface area contributed by atoms with Crippen molar-refractivity contribution in [2.75, 3.05) is 13.1 Å². The van der Waals surface area contributed by atoms with Crippen LogP contribution in [0.1, 0.15) is 41.7 Å². The first kappa shape index (κ1) is 28.9. The van der Waals surface area contributed by atoms with Crippen LogP contribution in [0, 0.1) is 0 Å². The van der Waals surface area contributed by atoms with Crippen molar-refractivity contribution in [3.63, 3.8) is 0 Å². The van der Waals surface area contributed by atoms with Crippen LogP contribution < -0.4 is 5.32 Å². The minimum atomic E-state index is -5.08. The lowest BCUT2D eigenvalue weighted by molar-refractivity contribution is -0.192. The molecule has 3 heterocycles. The fourth-order valence-electron chi connectivity index (χ4n) is 4.32. The molecule has 2 saturated heterocycles. The van der Waals surface area contributed by atoms with Gasteiger partial charge in [0.25, 0.3) is 5.91 Å². The van der Waals surface area contributed by atoms with E-state index < -0.39 is 24.2 Å². The van der Waals surface area contributed by atoms with Crippen molar-refractivity contribution in [1.82, 2.24) is 20.1 Å². The Morgan fingerprint density at radius 3 is 2.16 bits per heavy atom. The zero-order valence-electron chi connectivity index (χ0n) is 20.2. The Balaban J connectivity index is 0.000000505. The zero-order chi connectivity index (χ0) is 27.9. The van der Waals surface area contributed by atoms with E-state index in [1.807, 2.05) is 18.2 Å². The van der Waals surface area contributed by atoms with Gasteiger partial charge in [-0.2, -0.15) is 13.2 Å². The molecular formula is C25H26ClF3N4O5. The number of carbonyl (C=O) groups excluding carboxylic acids is 3. The van der Waals surface area contributed by atoms with E-state index in [4.69, 9.17) is 21.5 Å². The van der Waals surface area contributed by atoms with Crippen LogP contribution in [-0.2, 0) is 20.9 Å². The topological polar surface area (TPSA) is 120 Å². The molecule has 1 aromatic heterocycles. The van der Waals surface area contributed by atoms with Crippen molar-refractivity contribution in [2.24, 2.45) is 0 Å². The monoisotopic (exact) mass is 554 g/mol. The number of nitrogens with one attached hydrogen (secondary N) is 1. The highest BCUT2D eigenvalue weighted by atomic mass is 35.5. The molecule has 0 bridgehead atoms. The molecule has 4 rings (SSSR count). The Morgan fingerprint density at radius 1 is 0.974 bits per heavy atom. The maximum absolute atomic E-state index is 13.4. The van der Waals surface area contributed by atoms with Gasteiger partial charge in [0.15, 0.2) is 0 Å². The quantitative estimate of drug-likeness (QED) is 0.585. The van der Waals surface area contributed by atoms with Crippen molar-refractivity contribution in [2.45, 2.75) is 50.5 Å². The second-order valence-corrected chi connectivity index (χ2v) is 9.13. The van der Waals surface area contributed by atoms with E-state index in [0.29, 0.717) is 43.1 Å². The standard InChI is InChI=1S/C23H25ClN4O3.C2HF3O2/c24-17-10-8-16(9-11-17)22(30)28-14-4-7-20(28)23(31)27-13-3-6-19(27)21(29)26-15-18-5-1-2-12-25-18;3-2(4,5)1(6)7/h1-2,5,8-12,19-20H,3-4,6-7,13-15H2,(H,26,29);(H,6,7)/t19-,20-;/m0./s1. The molecule has 3 amide bonds. The molecule has 38 heavy (non-hydrogen) atoms. The van der Waals surface area contributed by atoms with E-state index in [1.165, 1.54) is 0 Å². The van der Waals surface area contributed by atoms with Gasteiger partial charge in [0.2, 0.25) is 11.8 Å². The number of carboxylic acid groups (broad SMARTS) is 1. The van der Waals surface area contributed by atoms with E-state index in [2.05, 4.69) is 10.3 Å². The lowest BCUT2D eigenvalue weighted by Crippen LogP contribution is -2.52. The molecule has 2 fully saturated rings. The Kier molecular flexibility index (Phi) is 9.67. The molecular weight excluding hydrogens is 529 g/mol. The predicted molar refractivity (Wildman–Crippen MR) is 130 cm³/mol. The summed E-state index contributed by atoms with van der Waals surface area (Å²) in [5.41, 5.74) is 1.28. The molecule has 13 heteroatoms. The van der Waals surface area contributed by atoms with Gasteiger partial charge < -0.3 is 20.2 Å². The average Bonchev–Trinajstić information content (AvgIpc) is 3.58. The molecule has 0 radical (unpaired) electrons. The highest BCUT2D eigenvalue weighted by Gasteiger charge is 2.42. The number of carbonyl (C=O) groups is 4. The third kappa shape index (κ3) is 7.44. The van der Waals surface area contributed by atoms with Gasteiger partial charge in [-0.15, -0.1) is 0 Å². The fraction of sp³-hybridized carbons (Fsp3) is 0.400. The van der Waals surface area contributed by atoms with Gasteiger partial charge in [-0.25, -0.2) is 4.79 Å². The van der Waals surface area contributed by atoms with Gasteiger partial charge in [-0.3, -0.25) is 19.4 Å². The molecule has 0 unspecified atom stereocenters. The van der Waals surface area contributed by atoms with Crippen LogP contribution >= 0.6 is 11.6 Å². The Labute approximate surface area is 221 Å². The average molecular weight is 555 g/mol. The smallest absolute Gasteiger partial charge is 0.475 e. The van der Waals surface area contributed by atoms with Gasteiger partial charge in [0.1, 0.15) is 12.1 Å². The molecule has 2 atom stereocenters. The van der Waals surface area contributed by atoms with Gasteiger partial charge in [0, 0.05) is 29.9 Å². The predicted octanol–water partition coefficient (Wildman–Crippen LogP) is 3.28. The molecule has 2 aromatic rings. The van der Waals surface area contributed by atoms with E-state index in [9.17, 15) is 27.6 Å². The molecule has 2 N–H and O–H groups in total. The Bertz CT molecular complexity index is 1150. The lowest BCUT2D eigenvalue weighted by Gasteiger charge is -2.31. The molecule has 204 valence electrons. The molecule has 9 nitrogen and oxygen atoms in total. The molecule has 0 aliphatic carbocycles. The summed E-state index contributed by atoms with van der Waals surface area (Å²) in [7, 11) is 0. The van der Waals surface area contributed by atoms with Gasteiger partial charge in [0.05, 0.1) is 12.2 Å². The number of likely N-dealkylation sites (tertiary alicyclic amines) is 2. The molecule has 1 aromatic carbocycles. The number of carboxylic acids is 1. The van der Waals surface area contributed by atoms with Crippen LogP contribution in [0.3, 0.4) is 0 Å². The van der Waals surface area contributed by atoms with Crippen molar-refractivity contribution in [1.29, 1.82) is 0 Å². The molecule has 0 spiro atoms. The zero-order valence-corrected chi connectivity index (χ0v) is 20.9. The number of hydrogen-bond donors (Lipinski definition) is 2. The number of aliphatic carboxylic acids is 1. The second kappa shape index (κ2) is 12.7. The number of pyridine rings is 1. The highest BCUT2D eigenvalue weighted by molar-refractivity contribution is 6.30. The third-order valence-electron chi connectivity index (χ3n) is 6.14. The van der Waals surface area contributed by atoms with Crippen LogP contribution in [0.5, 0.6) is 0 Å². The second-order valence-electron chi connectivity index (χ2n) is 8.69. The summed E-state index contributed by atoms with van der Waals surface area (Å²) in [5, 5.41) is 10.6. The number of alkyl halides is 3. The maximum Gasteiger partial charge on any atom is 0.490 e. The van der Waals surface area contributed by atoms with E-state index in [1.54, 1.807) is 40.3 Å². The van der Waals surface area contributed by atoms with Gasteiger partial charge >= 0.3 is 12.1 Å². The molecule has 2 aliphatic heterocycles. The normalized spacial score (nSPS) is 18.9. The van der Waals surface area contributed by atoms with E-state index in [-0.39, 0.29) is 17.7 Å². The number of aromatic nitrogens is 1. The summed E-state index contributed by atoms with van der Waals surface area (Å²) >= 11 is 5.92. The summed E-state index contributed by atoms with van der Waals surface area (Å²) < 4.78 is 31.7. The van der Waals surface area contributed by atoms with Crippen molar-refractivity contribution < 1.29 is 37.5 Å². The summed E-state index contributed by atoms with van der Waals surface area (Å²) in [6.45, 7) is 1.38. The fourth-order valence-corrected chi connectivity index (χ4v) is 4.44. The third-order valence-corrected chi connectivity index (χ3v) is 6.39. The number of amides is 3. The van der Waals surface area contributed by atoms with Gasteiger partial charge in [-0.05, 0) is 62.1 Å². The van der Waals surface area contributed by atoms with Crippen LogP contribution in [-0.4, -0.2) is 74.9 Å². The Hall–Kier alpha value is -3.67. The van der Waals surface area contributed by atoms with E-state index >= 15 is 0 Å². The number of rotatable bonds is 5. The Morgan fingerprint density at radius 2 is 1.58 bits per heavy atom. The summed E-state index contributed by atoms with van der Waals surface area (Å²) in [5.74, 6) is -3.25. The summed E-state index contributed by atoms with van der Waals surface area (Å²) in [4.78, 5) is 55.5. The first-order valence-electron chi connectivity index (χ1n) is 11.8. The van der Waals surface area contributed by atoms with Crippen molar-refractivity contribution in [3.8, 4) is 0 Å². The summed E-state index contributed by atoms with van der Waals surface area (Å²) in [6.07, 6.45) is -0.640. The van der Waals surface area contributed by atoms with Crippen LogP contribution in [0.2, 0.25) is 5.02 Å². The van der Waals surface area contributed by atoms with Crippen LogP contribution in [0.25, 0.3) is 0 Å². The van der Waals surface area contributed by atoms with Crippen molar-refractivity contribution >= 4 is 35.3 Å².